The number of ether oxygens (including phenoxy) is 1. The maximum Gasteiger partial charge on any atom is 0.152 e. The van der Waals surface area contributed by atoms with Gasteiger partial charge in [0, 0.05) is 6.61 Å². The monoisotopic (exact) mass is 262 g/mol. The van der Waals surface area contributed by atoms with E-state index in [4.69, 9.17) is 4.74 Å². The van der Waals surface area contributed by atoms with Crippen LogP contribution < -0.4 is 0 Å². The smallest absolute Gasteiger partial charge is 0.152 e. The van der Waals surface area contributed by atoms with Crippen molar-refractivity contribution < 1.29 is 13.2 Å². The van der Waals surface area contributed by atoms with E-state index in [1.807, 2.05) is 0 Å². The second kappa shape index (κ2) is 8.09. The van der Waals surface area contributed by atoms with Gasteiger partial charge in [0.15, 0.2) is 9.84 Å². The first-order valence-corrected chi connectivity index (χ1v) is 8.78. The molecule has 1 atom stereocenters. The third-order valence-corrected chi connectivity index (χ3v) is 5.03. The molecule has 0 aromatic heterocycles. The van der Waals surface area contributed by atoms with Crippen LogP contribution in [0.25, 0.3) is 0 Å². The van der Waals surface area contributed by atoms with Crippen LogP contribution in [0.2, 0.25) is 0 Å². The van der Waals surface area contributed by atoms with Gasteiger partial charge in [0.25, 0.3) is 0 Å². The average Bonchev–Trinajstić information content (AvgIpc) is 2.62. The first-order valence-electron chi connectivity index (χ1n) is 6.96. The molecule has 1 fully saturated rings. The van der Waals surface area contributed by atoms with Crippen molar-refractivity contribution in [2.24, 2.45) is 0 Å². The van der Waals surface area contributed by atoms with Crippen LogP contribution in [0.4, 0.5) is 0 Å². The van der Waals surface area contributed by atoms with Gasteiger partial charge < -0.3 is 4.74 Å². The van der Waals surface area contributed by atoms with Crippen LogP contribution in [0, 0.1) is 0 Å². The van der Waals surface area contributed by atoms with Gasteiger partial charge >= 0.3 is 0 Å². The minimum absolute atomic E-state index is 0.0277. The fraction of sp³-hybridized carbons (Fsp3) is 1.00. The van der Waals surface area contributed by atoms with E-state index in [2.05, 4.69) is 6.92 Å². The van der Waals surface area contributed by atoms with Crippen LogP contribution >= 0.6 is 0 Å². The van der Waals surface area contributed by atoms with E-state index in [9.17, 15) is 8.42 Å². The van der Waals surface area contributed by atoms with Crippen molar-refractivity contribution in [1.29, 1.82) is 0 Å². The SMILES string of the molecule is CCCCCCCCCOC1CCS(=O)(=O)C1. The molecule has 1 aliphatic rings. The highest BCUT2D eigenvalue weighted by Crippen LogP contribution is 2.15. The quantitative estimate of drug-likeness (QED) is 0.600. The summed E-state index contributed by atoms with van der Waals surface area (Å²) in [5, 5.41) is 0. The van der Waals surface area contributed by atoms with Gasteiger partial charge in [0.05, 0.1) is 17.6 Å². The predicted molar refractivity (Wildman–Crippen MR) is 71.0 cm³/mol. The highest BCUT2D eigenvalue weighted by Gasteiger charge is 2.28. The van der Waals surface area contributed by atoms with E-state index in [1.54, 1.807) is 0 Å². The van der Waals surface area contributed by atoms with Crippen LogP contribution in [-0.4, -0.2) is 32.6 Å². The van der Waals surface area contributed by atoms with Gasteiger partial charge in [-0.15, -0.1) is 0 Å². The van der Waals surface area contributed by atoms with Crippen molar-refractivity contribution in [2.75, 3.05) is 18.1 Å². The summed E-state index contributed by atoms with van der Waals surface area (Å²) in [5.41, 5.74) is 0. The molecule has 0 bridgehead atoms. The Balaban J connectivity index is 1.88. The number of unbranched alkanes of at least 4 members (excludes halogenated alkanes) is 6. The molecule has 1 rings (SSSR count). The number of hydrogen-bond donors (Lipinski definition) is 0. The summed E-state index contributed by atoms with van der Waals surface area (Å²) >= 11 is 0. The molecular weight excluding hydrogens is 236 g/mol. The normalized spacial score (nSPS) is 23.0. The van der Waals surface area contributed by atoms with E-state index in [1.165, 1.54) is 38.5 Å². The Morgan fingerprint density at radius 2 is 1.71 bits per heavy atom. The third kappa shape index (κ3) is 7.04. The van der Waals surface area contributed by atoms with Crippen molar-refractivity contribution in [3.05, 3.63) is 0 Å². The van der Waals surface area contributed by atoms with Gasteiger partial charge in [-0.2, -0.15) is 0 Å². The standard InChI is InChI=1S/C13H26O3S/c1-2-3-4-5-6-7-8-10-16-13-9-11-17(14,15)12-13/h13H,2-12H2,1H3. The summed E-state index contributed by atoms with van der Waals surface area (Å²) in [5.74, 6) is 0.554. The van der Waals surface area contributed by atoms with E-state index < -0.39 is 9.84 Å². The summed E-state index contributed by atoms with van der Waals surface area (Å²) < 4.78 is 28.0. The first kappa shape index (κ1) is 15.0. The molecular formula is C13H26O3S. The molecule has 0 spiro atoms. The number of sulfone groups is 1. The molecule has 0 radical (unpaired) electrons. The summed E-state index contributed by atoms with van der Waals surface area (Å²) in [6.45, 7) is 2.96. The van der Waals surface area contributed by atoms with Gasteiger partial charge in [0.1, 0.15) is 0 Å². The summed E-state index contributed by atoms with van der Waals surface area (Å²) in [4.78, 5) is 0. The Morgan fingerprint density at radius 3 is 2.29 bits per heavy atom. The van der Waals surface area contributed by atoms with Gasteiger partial charge in [-0.05, 0) is 12.8 Å². The Bertz CT molecular complexity index is 285. The zero-order chi connectivity index (χ0) is 12.6. The number of rotatable bonds is 9. The lowest BCUT2D eigenvalue weighted by Crippen LogP contribution is -2.15. The zero-order valence-electron chi connectivity index (χ0n) is 11.0. The minimum atomic E-state index is -2.78. The van der Waals surface area contributed by atoms with Crippen molar-refractivity contribution >= 4 is 9.84 Å². The fourth-order valence-corrected chi connectivity index (χ4v) is 3.82. The van der Waals surface area contributed by atoms with Crippen molar-refractivity contribution in [3.63, 3.8) is 0 Å². The molecule has 1 aliphatic heterocycles. The highest BCUT2D eigenvalue weighted by atomic mass is 32.2. The topological polar surface area (TPSA) is 43.4 Å². The summed E-state index contributed by atoms with van der Waals surface area (Å²) in [7, 11) is -2.78. The van der Waals surface area contributed by atoms with Gasteiger partial charge in [-0.1, -0.05) is 45.4 Å². The number of hydrogen-bond acceptors (Lipinski definition) is 3. The van der Waals surface area contributed by atoms with Crippen molar-refractivity contribution in [1.82, 2.24) is 0 Å². The predicted octanol–water partition coefficient (Wildman–Crippen LogP) is 2.94. The Hall–Kier alpha value is -0.0900. The van der Waals surface area contributed by atoms with Gasteiger partial charge in [0.2, 0.25) is 0 Å². The maximum absolute atomic E-state index is 11.2. The molecule has 17 heavy (non-hydrogen) atoms. The van der Waals surface area contributed by atoms with Crippen LogP contribution in [0.15, 0.2) is 0 Å². The molecule has 102 valence electrons. The molecule has 0 saturated carbocycles. The molecule has 0 aliphatic carbocycles. The Kier molecular flexibility index (Phi) is 7.12. The molecule has 4 heteroatoms. The second-order valence-corrected chi connectivity index (χ2v) is 7.25. The maximum atomic E-state index is 11.2. The van der Waals surface area contributed by atoms with Crippen LogP contribution in [0.3, 0.4) is 0 Å². The first-order chi connectivity index (χ1) is 8.14. The van der Waals surface area contributed by atoms with E-state index >= 15 is 0 Å². The second-order valence-electron chi connectivity index (χ2n) is 5.02. The molecule has 1 unspecified atom stereocenters. The van der Waals surface area contributed by atoms with Gasteiger partial charge in [-0.3, -0.25) is 0 Å². The zero-order valence-corrected chi connectivity index (χ0v) is 11.8. The van der Waals surface area contributed by atoms with Gasteiger partial charge in [-0.25, -0.2) is 8.42 Å². The lowest BCUT2D eigenvalue weighted by atomic mass is 10.1. The Labute approximate surface area is 106 Å². The molecule has 0 N–H and O–H groups in total. The molecule has 0 aromatic carbocycles. The van der Waals surface area contributed by atoms with Crippen LogP contribution in [-0.2, 0) is 14.6 Å². The summed E-state index contributed by atoms with van der Waals surface area (Å²) in [6.07, 6.45) is 9.54. The Morgan fingerprint density at radius 1 is 1.06 bits per heavy atom. The molecule has 0 amide bonds. The van der Waals surface area contributed by atoms with Crippen LogP contribution in [0.5, 0.6) is 0 Å². The van der Waals surface area contributed by atoms with Crippen LogP contribution in [0.1, 0.15) is 58.3 Å². The summed E-state index contributed by atoms with van der Waals surface area (Å²) in [6, 6.07) is 0. The molecule has 1 heterocycles. The van der Waals surface area contributed by atoms with Crippen molar-refractivity contribution in [3.8, 4) is 0 Å². The third-order valence-electron chi connectivity index (χ3n) is 3.29. The lowest BCUT2D eigenvalue weighted by molar-refractivity contribution is 0.0680. The van der Waals surface area contributed by atoms with E-state index in [0.717, 1.165) is 13.0 Å². The molecule has 1 saturated heterocycles. The molecule has 0 aromatic rings. The molecule has 3 nitrogen and oxygen atoms in total. The highest BCUT2D eigenvalue weighted by molar-refractivity contribution is 7.91. The fourth-order valence-electron chi connectivity index (χ4n) is 2.20. The van der Waals surface area contributed by atoms with Crippen molar-refractivity contribution in [2.45, 2.75) is 64.4 Å². The average molecular weight is 262 g/mol. The minimum Gasteiger partial charge on any atom is -0.377 e. The lowest BCUT2D eigenvalue weighted by Gasteiger charge is -2.09. The van der Waals surface area contributed by atoms with E-state index in [0.29, 0.717) is 12.2 Å². The van der Waals surface area contributed by atoms with E-state index in [-0.39, 0.29) is 11.9 Å². The largest absolute Gasteiger partial charge is 0.377 e.